The van der Waals surface area contributed by atoms with Crippen molar-refractivity contribution in [2.45, 2.75) is 51.9 Å². The van der Waals surface area contributed by atoms with Crippen molar-refractivity contribution >= 4 is 11.6 Å². The van der Waals surface area contributed by atoms with E-state index in [1.165, 1.54) is 32.1 Å². The summed E-state index contributed by atoms with van der Waals surface area (Å²) in [5.74, 6) is 2.14. The molecule has 0 heterocycles. The zero-order chi connectivity index (χ0) is 14.8. The first-order valence-electron chi connectivity index (χ1n) is 8.24. The van der Waals surface area contributed by atoms with Gasteiger partial charge in [0.25, 0.3) is 0 Å². The maximum absolute atomic E-state index is 12.4. The number of hydrogen-bond donors (Lipinski definition) is 2. The Bertz CT molecular complexity index is 526. The molecule has 0 bridgehead atoms. The van der Waals surface area contributed by atoms with E-state index in [9.17, 15) is 9.90 Å². The molecule has 3 rings (SSSR count). The molecular weight excluding hydrogens is 262 g/mol. The van der Waals surface area contributed by atoms with Crippen LogP contribution in [0.4, 0.5) is 5.69 Å². The maximum Gasteiger partial charge on any atom is 0.227 e. The van der Waals surface area contributed by atoms with Crippen LogP contribution in [0.1, 0.15) is 50.5 Å². The molecule has 2 saturated carbocycles. The predicted octanol–water partition coefficient (Wildman–Crippen LogP) is 4.25. The van der Waals surface area contributed by atoms with E-state index in [1.54, 1.807) is 6.07 Å². The van der Waals surface area contributed by atoms with Gasteiger partial charge in [0.05, 0.1) is 0 Å². The second kappa shape index (κ2) is 6.08. The van der Waals surface area contributed by atoms with Gasteiger partial charge >= 0.3 is 0 Å². The summed E-state index contributed by atoms with van der Waals surface area (Å²) in [7, 11) is 0. The van der Waals surface area contributed by atoms with E-state index in [0.29, 0.717) is 5.69 Å². The van der Waals surface area contributed by atoms with Crippen LogP contribution in [-0.4, -0.2) is 11.0 Å². The second-order valence-corrected chi connectivity index (χ2v) is 6.81. The molecule has 0 spiro atoms. The number of carbonyl (C=O) groups excluding carboxylic acids is 1. The highest BCUT2D eigenvalue weighted by Crippen LogP contribution is 2.42. The number of phenolic OH excluding ortho intramolecular Hbond substituents is 1. The van der Waals surface area contributed by atoms with Crippen molar-refractivity contribution in [2.75, 3.05) is 5.32 Å². The highest BCUT2D eigenvalue weighted by molar-refractivity contribution is 5.92. The van der Waals surface area contributed by atoms with Gasteiger partial charge in [0.1, 0.15) is 5.75 Å². The Morgan fingerprint density at radius 2 is 1.90 bits per heavy atom. The number of aromatic hydroxyl groups is 1. The number of carbonyl (C=O) groups is 1. The third-order valence-electron chi connectivity index (χ3n) is 5.39. The highest BCUT2D eigenvalue weighted by Gasteiger charge is 2.34. The van der Waals surface area contributed by atoms with Crippen LogP contribution in [-0.2, 0) is 4.79 Å². The minimum atomic E-state index is 0.127. The molecule has 1 aromatic carbocycles. The lowest BCUT2D eigenvalue weighted by molar-refractivity contribution is -0.122. The van der Waals surface area contributed by atoms with Crippen molar-refractivity contribution < 1.29 is 9.90 Å². The molecule has 0 radical (unpaired) electrons. The minimum Gasteiger partial charge on any atom is -0.508 e. The first-order valence-corrected chi connectivity index (χ1v) is 8.24. The lowest BCUT2D eigenvalue weighted by atomic mass is 9.67. The van der Waals surface area contributed by atoms with Crippen LogP contribution in [0.3, 0.4) is 0 Å². The van der Waals surface area contributed by atoms with Gasteiger partial charge in [-0.25, -0.2) is 0 Å². The summed E-state index contributed by atoms with van der Waals surface area (Å²) in [5, 5.41) is 12.7. The average Bonchev–Trinajstić information content (AvgIpc) is 2.50. The number of aryl methyl sites for hydroxylation is 1. The number of nitrogens with one attached hydrogen (secondary N) is 1. The molecule has 1 aromatic rings. The summed E-state index contributed by atoms with van der Waals surface area (Å²) in [6.07, 6.45) is 8.66. The Balaban J connectivity index is 1.61. The Morgan fingerprint density at radius 3 is 2.67 bits per heavy atom. The van der Waals surface area contributed by atoms with Crippen LogP contribution in [0.5, 0.6) is 5.75 Å². The zero-order valence-corrected chi connectivity index (χ0v) is 12.8. The van der Waals surface area contributed by atoms with E-state index in [4.69, 9.17) is 0 Å². The Kier molecular flexibility index (Phi) is 4.18. The molecule has 3 heteroatoms. The largest absolute Gasteiger partial charge is 0.508 e. The molecule has 3 atom stereocenters. The van der Waals surface area contributed by atoms with Crippen LogP contribution in [0.15, 0.2) is 18.2 Å². The molecule has 3 unspecified atom stereocenters. The van der Waals surface area contributed by atoms with E-state index < -0.39 is 0 Å². The van der Waals surface area contributed by atoms with Crippen molar-refractivity contribution in [1.29, 1.82) is 0 Å². The fourth-order valence-electron chi connectivity index (χ4n) is 4.04. The van der Waals surface area contributed by atoms with Crippen LogP contribution < -0.4 is 5.32 Å². The monoisotopic (exact) mass is 287 g/mol. The van der Waals surface area contributed by atoms with E-state index in [2.05, 4.69) is 5.32 Å². The highest BCUT2D eigenvalue weighted by atomic mass is 16.3. The van der Waals surface area contributed by atoms with Crippen LogP contribution in [0.25, 0.3) is 0 Å². The Morgan fingerprint density at radius 1 is 1.14 bits per heavy atom. The Hall–Kier alpha value is -1.51. The molecule has 0 saturated heterocycles. The van der Waals surface area contributed by atoms with Crippen molar-refractivity contribution in [3.63, 3.8) is 0 Å². The summed E-state index contributed by atoms with van der Waals surface area (Å²) < 4.78 is 0. The van der Waals surface area contributed by atoms with E-state index in [1.807, 2.05) is 19.1 Å². The van der Waals surface area contributed by atoms with Crippen molar-refractivity contribution in [3.05, 3.63) is 23.8 Å². The maximum atomic E-state index is 12.4. The van der Waals surface area contributed by atoms with Crippen molar-refractivity contribution in [1.82, 2.24) is 0 Å². The molecular formula is C18H25NO2. The molecule has 2 N–H and O–H groups in total. The number of phenols is 1. The second-order valence-electron chi connectivity index (χ2n) is 6.81. The number of hydrogen-bond acceptors (Lipinski definition) is 2. The molecule has 0 aliphatic heterocycles. The average molecular weight is 287 g/mol. The smallest absolute Gasteiger partial charge is 0.227 e. The topological polar surface area (TPSA) is 49.3 Å². The first kappa shape index (κ1) is 14.4. The molecule has 21 heavy (non-hydrogen) atoms. The predicted molar refractivity (Wildman–Crippen MR) is 84.3 cm³/mol. The van der Waals surface area contributed by atoms with Gasteiger partial charge in [-0.1, -0.05) is 31.7 Å². The van der Waals surface area contributed by atoms with Crippen molar-refractivity contribution in [2.24, 2.45) is 17.8 Å². The zero-order valence-electron chi connectivity index (χ0n) is 12.8. The third-order valence-corrected chi connectivity index (χ3v) is 5.39. The lowest BCUT2D eigenvalue weighted by Gasteiger charge is -2.38. The minimum absolute atomic E-state index is 0.127. The molecule has 2 aliphatic rings. The molecule has 0 aromatic heterocycles. The lowest BCUT2D eigenvalue weighted by Crippen LogP contribution is -2.33. The number of benzene rings is 1. The summed E-state index contributed by atoms with van der Waals surface area (Å²) in [6.45, 7) is 1.85. The van der Waals surface area contributed by atoms with Gasteiger partial charge in [-0.3, -0.25) is 4.79 Å². The van der Waals surface area contributed by atoms with Crippen LogP contribution in [0, 0.1) is 24.7 Å². The molecule has 2 aliphatic carbocycles. The number of fused-ring (bicyclic) bond motifs is 1. The van der Waals surface area contributed by atoms with Gasteiger partial charge in [-0.2, -0.15) is 0 Å². The van der Waals surface area contributed by atoms with Gasteiger partial charge in [-0.15, -0.1) is 0 Å². The third kappa shape index (κ3) is 3.22. The summed E-state index contributed by atoms with van der Waals surface area (Å²) in [6, 6.07) is 5.33. The molecule has 3 nitrogen and oxygen atoms in total. The fourth-order valence-corrected chi connectivity index (χ4v) is 4.04. The summed E-state index contributed by atoms with van der Waals surface area (Å²) in [5.41, 5.74) is 1.53. The van der Waals surface area contributed by atoms with E-state index in [-0.39, 0.29) is 17.6 Å². The standard InChI is InChI=1S/C18H25NO2/c1-12-6-9-16(11-17(12)20)19-18(21)15-8-7-13-4-2-3-5-14(13)10-15/h6,9,11,13-15,20H,2-5,7-8,10H2,1H3,(H,19,21). The summed E-state index contributed by atoms with van der Waals surface area (Å²) in [4.78, 5) is 12.4. The number of rotatable bonds is 2. The van der Waals surface area contributed by atoms with E-state index >= 15 is 0 Å². The number of amides is 1. The quantitative estimate of drug-likeness (QED) is 0.854. The number of anilines is 1. The van der Waals surface area contributed by atoms with Gasteiger partial charge in [0.2, 0.25) is 5.91 Å². The van der Waals surface area contributed by atoms with Crippen LogP contribution >= 0.6 is 0 Å². The normalized spacial score (nSPS) is 28.7. The molecule has 114 valence electrons. The van der Waals surface area contributed by atoms with Gasteiger partial charge in [0.15, 0.2) is 0 Å². The van der Waals surface area contributed by atoms with Crippen molar-refractivity contribution in [3.8, 4) is 5.75 Å². The SMILES string of the molecule is Cc1ccc(NC(=O)C2CCC3CCCCC3C2)cc1O. The van der Waals surface area contributed by atoms with E-state index in [0.717, 1.165) is 30.2 Å². The van der Waals surface area contributed by atoms with Gasteiger partial charge in [-0.05, 0) is 49.7 Å². The fraction of sp³-hybridized carbons (Fsp3) is 0.611. The first-order chi connectivity index (χ1) is 10.1. The Labute approximate surface area is 126 Å². The molecule has 1 amide bonds. The summed E-state index contributed by atoms with van der Waals surface area (Å²) >= 11 is 0. The molecule has 2 fully saturated rings. The van der Waals surface area contributed by atoms with Gasteiger partial charge < -0.3 is 10.4 Å². The van der Waals surface area contributed by atoms with Crippen LogP contribution in [0.2, 0.25) is 0 Å². The van der Waals surface area contributed by atoms with Gasteiger partial charge in [0, 0.05) is 17.7 Å².